The highest BCUT2D eigenvalue weighted by atomic mass is 16.1. The van der Waals surface area contributed by atoms with Gasteiger partial charge >= 0.3 is 0 Å². The third-order valence-electron chi connectivity index (χ3n) is 5.15. The predicted octanol–water partition coefficient (Wildman–Crippen LogP) is 2.34. The molecule has 3 aromatic rings. The van der Waals surface area contributed by atoms with Crippen molar-refractivity contribution in [2.75, 3.05) is 48.8 Å². The van der Waals surface area contributed by atoms with Gasteiger partial charge in [-0.2, -0.15) is 15.0 Å². The van der Waals surface area contributed by atoms with Crippen molar-refractivity contribution in [3.8, 4) is 11.3 Å². The van der Waals surface area contributed by atoms with Crippen LogP contribution in [0.1, 0.15) is 19.7 Å². The van der Waals surface area contributed by atoms with E-state index in [4.69, 9.17) is 0 Å². The molecule has 0 aliphatic carbocycles. The number of hydrogen-bond acceptors (Lipinski definition) is 9. The lowest BCUT2D eigenvalue weighted by atomic mass is 10.1. The number of benzene rings is 1. The number of likely N-dealkylation sites (N-methyl/N-ethyl adjacent to an activating group) is 1. The van der Waals surface area contributed by atoms with Crippen molar-refractivity contribution in [1.29, 1.82) is 0 Å². The molecule has 1 fully saturated rings. The molecule has 1 amide bonds. The molecule has 1 aliphatic heterocycles. The monoisotopic (exact) mass is 433 g/mol. The van der Waals surface area contributed by atoms with Gasteiger partial charge in [-0.3, -0.25) is 10.1 Å². The minimum Gasteiger partial charge on any atom is -0.338 e. The lowest BCUT2D eigenvalue weighted by molar-refractivity contribution is -0.114. The van der Waals surface area contributed by atoms with E-state index in [1.165, 1.54) is 6.92 Å². The van der Waals surface area contributed by atoms with Crippen LogP contribution in [-0.4, -0.2) is 69.0 Å². The summed E-state index contributed by atoms with van der Waals surface area (Å²) in [6, 6.07) is 9.32. The fraction of sp³-hybridized carbons (Fsp3) is 0.364. The molecule has 32 heavy (non-hydrogen) atoms. The van der Waals surface area contributed by atoms with Crippen LogP contribution in [0.25, 0.3) is 11.3 Å². The van der Waals surface area contributed by atoms with Crippen molar-refractivity contribution >= 4 is 29.4 Å². The van der Waals surface area contributed by atoms with Crippen molar-refractivity contribution < 1.29 is 4.79 Å². The number of anilines is 4. The van der Waals surface area contributed by atoms with Gasteiger partial charge in [0.15, 0.2) is 0 Å². The van der Waals surface area contributed by atoms with Gasteiger partial charge in [-0.05, 0) is 25.2 Å². The maximum Gasteiger partial charge on any atom is 0.234 e. The second kappa shape index (κ2) is 9.65. The molecule has 10 heteroatoms. The highest BCUT2D eigenvalue weighted by molar-refractivity contribution is 5.88. The van der Waals surface area contributed by atoms with Crippen LogP contribution in [0.3, 0.4) is 0 Å². The first-order valence-corrected chi connectivity index (χ1v) is 10.7. The van der Waals surface area contributed by atoms with Crippen molar-refractivity contribution in [3.05, 3.63) is 42.4 Å². The topological polar surface area (TPSA) is 112 Å². The Hall–Kier alpha value is -3.66. The molecule has 0 radical (unpaired) electrons. The van der Waals surface area contributed by atoms with Crippen LogP contribution in [0.5, 0.6) is 0 Å². The molecular formula is C22H27N9O. The fourth-order valence-corrected chi connectivity index (χ4v) is 3.38. The fourth-order valence-electron chi connectivity index (χ4n) is 3.38. The van der Waals surface area contributed by atoms with Crippen LogP contribution in [-0.2, 0) is 11.2 Å². The van der Waals surface area contributed by atoms with E-state index in [1.54, 1.807) is 6.20 Å². The van der Waals surface area contributed by atoms with E-state index in [0.29, 0.717) is 24.3 Å². The number of carbonyl (C=O) groups excluding carboxylic acids is 1. The Labute approximate surface area is 187 Å². The van der Waals surface area contributed by atoms with E-state index in [-0.39, 0.29) is 5.91 Å². The van der Waals surface area contributed by atoms with Crippen LogP contribution in [0, 0.1) is 0 Å². The van der Waals surface area contributed by atoms with Gasteiger partial charge in [-0.25, -0.2) is 9.97 Å². The number of amides is 1. The maximum atomic E-state index is 11.2. The molecule has 0 atom stereocenters. The lowest BCUT2D eigenvalue weighted by Gasteiger charge is -2.32. The lowest BCUT2D eigenvalue weighted by Crippen LogP contribution is -2.45. The van der Waals surface area contributed by atoms with E-state index in [0.717, 1.165) is 48.9 Å². The Morgan fingerprint density at radius 2 is 1.72 bits per heavy atom. The first-order chi connectivity index (χ1) is 15.5. The second-order valence-corrected chi connectivity index (χ2v) is 7.67. The molecule has 166 valence electrons. The van der Waals surface area contributed by atoms with Gasteiger partial charge in [-0.15, -0.1) is 0 Å². The molecule has 4 rings (SSSR count). The summed E-state index contributed by atoms with van der Waals surface area (Å²) in [4.78, 5) is 38.4. The van der Waals surface area contributed by atoms with E-state index >= 15 is 0 Å². The molecule has 10 nitrogen and oxygen atoms in total. The number of hydrogen-bond donors (Lipinski definition) is 2. The minimum absolute atomic E-state index is 0.106. The molecule has 1 aliphatic rings. The number of aromatic nitrogens is 5. The smallest absolute Gasteiger partial charge is 0.234 e. The molecule has 2 aromatic heterocycles. The SMILES string of the molecule is CCc1nc(Nc2nccc(-c3ccc(NC(C)=O)cc3)n2)nc(N2CCN(C)CC2)n1. The zero-order chi connectivity index (χ0) is 22.5. The summed E-state index contributed by atoms with van der Waals surface area (Å²) in [6.45, 7) is 7.21. The molecule has 1 saturated heterocycles. The number of aryl methyl sites for hydroxylation is 1. The summed E-state index contributed by atoms with van der Waals surface area (Å²) in [5.41, 5.74) is 2.40. The van der Waals surface area contributed by atoms with Gasteiger partial charge in [-0.1, -0.05) is 19.1 Å². The normalized spacial score (nSPS) is 14.3. The number of rotatable bonds is 6. The molecule has 0 unspecified atom stereocenters. The molecular weight excluding hydrogens is 406 g/mol. The van der Waals surface area contributed by atoms with Crippen molar-refractivity contribution in [1.82, 2.24) is 29.8 Å². The third-order valence-corrected chi connectivity index (χ3v) is 5.15. The molecule has 1 aromatic carbocycles. The Kier molecular flexibility index (Phi) is 6.50. The molecule has 0 bridgehead atoms. The number of piperazine rings is 1. The Balaban J connectivity index is 1.54. The van der Waals surface area contributed by atoms with Crippen LogP contribution < -0.4 is 15.5 Å². The minimum atomic E-state index is -0.106. The third kappa shape index (κ3) is 5.33. The number of nitrogens with zero attached hydrogens (tertiary/aromatic N) is 7. The Morgan fingerprint density at radius 1 is 0.969 bits per heavy atom. The van der Waals surface area contributed by atoms with Gasteiger partial charge in [0, 0.05) is 57.0 Å². The average molecular weight is 434 g/mol. The zero-order valence-corrected chi connectivity index (χ0v) is 18.5. The Morgan fingerprint density at radius 3 is 2.41 bits per heavy atom. The van der Waals surface area contributed by atoms with Crippen molar-refractivity contribution in [2.45, 2.75) is 20.3 Å². The maximum absolute atomic E-state index is 11.2. The molecule has 0 spiro atoms. The summed E-state index contributed by atoms with van der Waals surface area (Å²) >= 11 is 0. The quantitative estimate of drug-likeness (QED) is 0.605. The Bertz CT molecular complexity index is 1080. The highest BCUT2D eigenvalue weighted by Gasteiger charge is 2.18. The summed E-state index contributed by atoms with van der Waals surface area (Å²) in [5, 5.41) is 5.90. The zero-order valence-electron chi connectivity index (χ0n) is 18.5. The molecule has 0 saturated carbocycles. The van der Waals surface area contributed by atoms with E-state index < -0.39 is 0 Å². The standard InChI is InChI=1S/C22H27N9O/c1-4-19-26-21(29-22(27-19)31-13-11-30(3)12-14-31)28-20-23-10-9-18(25-20)16-5-7-17(8-6-16)24-15(2)32/h5-10H,4,11-14H2,1-3H3,(H,24,32)(H,23,25,26,27,28,29). The van der Waals surface area contributed by atoms with Gasteiger partial charge in [0.1, 0.15) is 5.82 Å². The highest BCUT2D eigenvalue weighted by Crippen LogP contribution is 2.21. The van der Waals surface area contributed by atoms with Gasteiger partial charge in [0.05, 0.1) is 5.69 Å². The largest absolute Gasteiger partial charge is 0.338 e. The number of nitrogens with one attached hydrogen (secondary N) is 2. The van der Waals surface area contributed by atoms with Crippen LogP contribution in [0.15, 0.2) is 36.5 Å². The van der Waals surface area contributed by atoms with E-state index in [2.05, 4.69) is 52.4 Å². The number of carbonyl (C=O) groups is 1. The van der Waals surface area contributed by atoms with Crippen LogP contribution in [0.2, 0.25) is 0 Å². The first kappa shape index (κ1) is 21.6. The van der Waals surface area contributed by atoms with Crippen molar-refractivity contribution in [3.63, 3.8) is 0 Å². The average Bonchev–Trinajstić information content (AvgIpc) is 2.79. The first-order valence-electron chi connectivity index (χ1n) is 10.7. The predicted molar refractivity (Wildman–Crippen MR) is 124 cm³/mol. The van der Waals surface area contributed by atoms with Gasteiger partial charge < -0.3 is 15.1 Å². The van der Waals surface area contributed by atoms with Gasteiger partial charge in [0.2, 0.25) is 23.8 Å². The van der Waals surface area contributed by atoms with Gasteiger partial charge in [0.25, 0.3) is 0 Å². The van der Waals surface area contributed by atoms with Crippen molar-refractivity contribution in [2.24, 2.45) is 0 Å². The van der Waals surface area contributed by atoms with Crippen LogP contribution >= 0.6 is 0 Å². The van der Waals surface area contributed by atoms with E-state index in [1.807, 2.05) is 37.3 Å². The second-order valence-electron chi connectivity index (χ2n) is 7.67. The van der Waals surface area contributed by atoms with Crippen LogP contribution in [0.4, 0.5) is 23.5 Å². The molecule has 2 N–H and O–H groups in total. The summed E-state index contributed by atoms with van der Waals surface area (Å²) in [7, 11) is 2.12. The summed E-state index contributed by atoms with van der Waals surface area (Å²) in [6.07, 6.45) is 2.40. The summed E-state index contributed by atoms with van der Waals surface area (Å²) < 4.78 is 0. The molecule has 3 heterocycles. The summed E-state index contributed by atoms with van der Waals surface area (Å²) in [5.74, 6) is 2.14. The van der Waals surface area contributed by atoms with E-state index in [9.17, 15) is 4.79 Å².